The minimum Gasteiger partial charge on any atom is -0.353 e. The molecule has 0 saturated heterocycles. The summed E-state index contributed by atoms with van der Waals surface area (Å²) < 4.78 is 10.7. The van der Waals surface area contributed by atoms with Gasteiger partial charge in [-0.3, -0.25) is 0 Å². The van der Waals surface area contributed by atoms with Gasteiger partial charge in [-0.2, -0.15) is 0 Å². The van der Waals surface area contributed by atoms with Gasteiger partial charge in [-0.05, 0) is 12.8 Å². The second-order valence-corrected chi connectivity index (χ2v) is 3.44. The quantitative estimate of drug-likeness (QED) is 0.540. The normalized spacial score (nSPS) is 15.4. The van der Waals surface area contributed by atoms with Gasteiger partial charge in [0.2, 0.25) is 0 Å². The molecule has 3 nitrogen and oxygen atoms in total. The highest BCUT2D eigenvalue weighted by atomic mass is 16.7. The van der Waals surface area contributed by atoms with E-state index in [1.807, 2.05) is 13.8 Å². The first-order valence-corrected chi connectivity index (χ1v) is 5.67. The lowest BCUT2D eigenvalue weighted by atomic mass is 10.3. The fourth-order valence-corrected chi connectivity index (χ4v) is 1.15. The molecule has 0 aliphatic carbocycles. The van der Waals surface area contributed by atoms with Crippen LogP contribution in [0.25, 0.3) is 0 Å². The van der Waals surface area contributed by atoms with Crippen molar-refractivity contribution in [1.82, 2.24) is 0 Å². The van der Waals surface area contributed by atoms with Crippen molar-refractivity contribution in [3.8, 4) is 0 Å². The van der Waals surface area contributed by atoms with Crippen LogP contribution in [-0.2, 0) is 14.6 Å². The average Bonchev–Trinajstić information content (AvgIpc) is 2.15. The zero-order valence-corrected chi connectivity index (χ0v) is 9.62. The third kappa shape index (κ3) is 7.30. The highest BCUT2D eigenvalue weighted by Crippen LogP contribution is 2.10. The fraction of sp³-hybridized carbons (Fsp3) is 1.00. The van der Waals surface area contributed by atoms with Gasteiger partial charge in [0, 0.05) is 13.0 Å². The molecule has 0 heterocycles. The molecule has 0 saturated carbocycles. The van der Waals surface area contributed by atoms with Crippen LogP contribution in [0.5, 0.6) is 0 Å². The van der Waals surface area contributed by atoms with Crippen LogP contribution in [-0.4, -0.2) is 19.2 Å². The standard InChI is InChI=1S/C11H23O3/c1-4-7-10(12)14-11(8-5-2)13-9-6-3/h10-11H,4-9H2,1-3H3. The topological polar surface area (TPSA) is 38.4 Å². The molecule has 0 fully saturated rings. The molecule has 85 valence electrons. The minimum atomic E-state index is -0.923. The van der Waals surface area contributed by atoms with Gasteiger partial charge in [0.15, 0.2) is 12.6 Å². The van der Waals surface area contributed by atoms with E-state index in [9.17, 15) is 5.11 Å². The third-order valence-corrected chi connectivity index (χ3v) is 1.86. The van der Waals surface area contributed by atoms with Gasteiger partial charge in [-0.1, -0.05) is 33.6 Å². The van der Waals surface area contributed by atoms with Crippen molar-refractivity contribution in [2.24, 2.45) is 0 Å². The van der Waals surface area contributed by atoms with Crippen molar-refractivity contribution in [3.05, 3.63) is 0 Å². The first kappa shape index (κ1) is 13.9. The van der Waals surface area contributed by atoms with E-state index in [1.54, 1.807) is 0 Å². The van der Waals surface area contributed by atoms with Crippen molar-refractivity contribution < 1.29 is 14.6 Å². The van der Waals surface area contributed by atoms with Crippen molar-refractivity contribution in [2.75, 3.05) is 6.61 Å². The maximum absolute atomic E-state index is 11.3. The summed E-state index contributed by atoms with van der Waals surface area (Å²) in [6, 6.07) is 0. The largest absolute Gasteiger partial charge is 0.353 e. The lowest BCUT2D eigenvalue weighted by Crippen LogP contribution is -2.24. The smallest absolute Gasteiger partial charge is 0.194 e. The Labute approximate surface area is 87.4 Å². The first-order valence-electron chi connectivity index (χ1n) is 5.67. The summed E-state index contributed by atoms with van der Waals surface area (Å²) in [7, 11) is 0. The van der Waals surface area contributed by atoms with Crippen LogP contribution >= 0.6 is 0 Å². The van der Waals surface area contributed by atoms with Gasteiger partial charge < -0.3 is 9.47 Å². The van der Waals surface area contributed by atoms with E-state index < -0.39 is 6.29 Å². The highest BCUT2D eigenvalue weighted by molar-refractivity contribution is 4.47. The van der Waals surface area contributed by atoms with Crippen LogP contribution < -0.4 is 0 Å². The predicted molar refractivity (Wildman–Crippen MR) is 55.4 cm³/mol. The summed E-state index contributed by atoms with van der Waals surface area (Å²) in [5.74, 6) is 0. The maximum Gasteiger partial charge on any atom is 0.194 e. The Morgan fingerprint density at radius 2 is 1.64 bits per heavy atom. The van der Waals surface area contributed by atoms with Gasteiger partial charge >= 0.3 is 0 Å². The first-order chi connectivity index (χ1) is 6.74. The number of hydrogen-bond donors (Lipinski definition) is 0. The van der Waals surface area contributed by atoms with Gasteiger partial charge in [0.25, 0.3) is 0 Å². The lowest BCUT2D eigenvalue weighted by molar-refractivity contribution is -0.251. The molecule has 0 spiro atoms. The molecule has 0 aromatic carbocycles. The van der Waals surface area contributed by atoms with Gasteiger partial charge in [-0.15, -0.1) is 0 Å². The molecule has 0 rings (SSSR count). The maximum atomic E-state index is 11.3. The van der Waals surface area contributed by atoms with E-state index in [0.717, 1.165) is 25.7 Å². The Morgan fingerprint density at radius 3 is 2.14 bits per heavy atom. The molecule has 0 bridgehead atoms. The Bertz CT molecular complexity index is 117. The zero-order valence-electron chi connectivity index (χ0n) is 9.62. The van der Waals surface area contributed by atoms with Crippen LogP contribution in [0.1, 0.15) is 52.9 Å². The van der Waals surface area contributed by atoms with Crippen LogP contribution in [0.4, 0.5) is 0 Å². The van der Waals surface area contributed by atoms with Gasteiger partial charge in [0.1, 0.15) is 0 Å². The van der Waals surface area contributed by atoms with Crippen molar-refractivity contribution in [1.29, 1.82) is 0 Å². The number of hydrogen-bond acceptors (Lipinski definition) is 2. The van der Waals surface area contributed by atoms with Crippen molar-refractivity contribution in [2.45, 2.75) is 65.5 Å². The monoisotopic (exact) mass is 203 g/mol. The Kier molecular flexibility index (Phi) is 9.35. The molecule has 0 aromatic heterocycles. The third-order valence-electron chi connectivity index (χ3n) is 1.86. The molecular weight excluding hydrogens is 180 g/mol. The summed E-state index contributed by atoms with van der Waals surface area (Å²) in [4.78, 5) is 0. The van der Waals surface area contributed by atoms with E-state index in [2.05, 4.69) is 6.92 Å². The van der Waals surface area contributed by atoms with Crippen LogP contribution in [0.15, 0.2) is 0 Å². The molecular formula is C11H23O3. The molecule has 0 aliphatic rings. The summed E-state index contributed by atoms with van der Waals surface area (Å²) in [5, 5.41) is 11.3. The lowest BCUT2D eigenvalue weighted by Gasteiger charge is -2.19. The molecule has 1 radical (unpaired) electrons. The van der Waals surface area contributed by atoms with Crippen LogP contribution in [0.2, 0.25) is 0 Å². The van der Waals surface area contributed by atoms with Crippen molar-refractivity contribution >= 4 is 0 Å². The number of rotatable bonds is 9. The minimum absolute atomic E-state index is 0.297. The van der Waals surface area contributed by atoms with E-state index in [1.165, 1.54) is 0 Å². The zero-order chi connectivity index (χ0) is 10.8. The molecule has 2 unspecified atom stereocenters. The van der Waals surface area contributed by atoms with E-state index in [0.29, 0.717) is 13.0 Å². The molecule has 0 N–H and O–H groups in total. The Morgan fingerprint density at radius 1 is 1.00 bits per heavy atom. The molecule has 0 aromatic rings. The van der Waals surface area contributed by atoms with E-state index >= 15 is 0 Å². The van der Waals surface area contributed by atoms with E-state index in [-0.39, 0.29) is 6.29 Å². The highest BCUT2D eigenvalue weighted by Gasteiger charge is 2.14. The predicted octanol–water partition coefficient (Wildman–Crippen LogP) is 3.11. The summed E-state index contributed by atoms with van der Waals surface area (Å²) in [5.41, 5.74) is 0. The Hall–Kier alpha value is -0.120. The molecule has 3 heteroatoms. The van der Waals surface area contributed by atoms with Gasteiger partial charge in [0.05, 0.1) is 0 Å². The molecule has 0 amide bonds. The number of ether oxygens (including phenoxy) is 2. The molecule has 2 atom stereocenters. The van der Waals surface area contributed by atoms with Crippen LogP contribution in [0.3, 0.4) is 0 Å². The fourth-order valence-electron chi connectivity index (χ4n) is 1.15. The van der Waals surface area contributed by atoms with Gasteiger partial charge in [-0.25, -0.2) is 5.11 Å². The summed E-state index contributed by atoms with van der Waals surface area (Å²) in [6.07, 6.45) is 2.95. The van der Waals surface area contributed by atoms with Crippen molar-refractivity contribution in [3.63, 3.8) is 0 Å². The van der Waals surface area contributed by atoms with E-state index in [4.69, 9.17) is 9.47 Å². The average molecular weight is 203 g/mol. The molecule has 14 heavy (non-hydrogen) atoms. The van der Waals surface area contributed by atoms with Crippen LogP contribution in [0, 0.1) is 0 Å². The summed E-state index contributed by atoms with van der Waals surface area (Å²) in [6.45, 7) is 6.76. The second-order valence-electron chi connectivity index (χ2n) is 3.44. The molecule has 0 aliphatic heterocycles. The SMILES string of the molecule is CCCOC(CCC)OC([O])CCC. The second kappa shape index (κ2) is 9.44. The Balaban J connectivity index is 3.69. The summed E-state index contributed by atoms with van der Waals surface area (Å²) >= 11 is 0.